The molecule has 1 rings (SSSR count). The van der Waals surface area contributed by atoms with E-state index in [1.807, 2.05) is 31.2 Å². The van der Waals surface area contributed by atoms with Gasteiger partial charge in [-0.1, -0.05) is 19.1 Å². The Bertz CT molecular complexity index is 399. The molecule has 0 saturated heterocycles. The van der Waals surface area contributed by atoms with Gasteiger partial charge in [0.05, 0.1) is 6.10 Å². The van der Waals surface area contributed by atoms with Gasteiger partial charge in [-0.3, -0.25) is 0 Å². The summed E-state index contributed by atoms with van der Waals surface area (Å²) in [5.41, 5.74) is 0.941. The van der Waals surface area contributed by atoms with Crippen molar-refractivity contribution in [3.8, 4) is 5.75 Å². The number of hydrogen-bond donors (Lipinski definition) is 2. The quantitative estimate of drug-likeness (QED) is 0.798. The highest BCUT2D eigenvalue weighted by Gasteiger charge is 2.03. The van der Waals surface area contributed by atoms with E-state index in [9.17, 15) is 9.18 Å². The normalized spacial score (nSPS) is 11.7. The van der Waals surface area contributed by atoms with Gasteiger partial charge in [0.2, 0.25) is 0 Å². The maximum atomic E-state index is 11.9. The Kier molecular flexibility index (Phi) is 6.71. The highest BCUT2D eigenvalue weighted by molar-refractivity contribution is 5.73. The van der Waals surface area contributed by atoms with Gasteiger partial charge in [0.15, 0.2) is 0 Å². The first-order valence-electron chi connectivity index (χ1n) is 6.49. The molecule has 1 aromatic carbocycles. The second-order valence-electron chi connectivity index (χ2n) is 4.28. The van der Waals surface area contributed by atoms with Crippen molar-refractivity contribution in [1.82, 2.24) is 10.6 Å². The minimum absolute atomic E-state index is 0.0308. The van der Waals surface area contributed by atoms with Crippen LogP contribution in [0.3, 0.4) is 0 Å². The average Bonchev–Trinajstić information content (AvgIpc) is 2.43. The molecule has 0 heterocycles. The fourth-order valence-corrected chi connectivity index (χ4v) is 1.45. The van der Waals surface area contributed by atoms with Crippen molar-refractivity contribution in [3.63, 3.8) is 0 Å². The van der Waals surface area contributed by atoms with Crippen molar-refractivity contribution in [3.05, 3.63) is 29.8 Å². The number of alkyl halides is 1. The number of carbonyl (C=O) groups excluding carboxylic acids is 1. The number of halogens is 1. The molecular weight excluding hydrogens is 247 g/mol. The highest BCUT2D eigenvalue weighted by atomic mass is 19.1. The van der Waals surface area contributed by atoms with Crippen LogP contribution in [0.25, 0.3) is 0 Å². The summed E-state index contributed by atoms with van der Waals surface area (Å²) in [6, 6.07) is 7.19. The lowest BCUT2D eigenvalue weighted by molar-refractivity contribution is 0.217. The molecule has 1 unspecified atom stereocenters. The minimum atomic E-state index is -0.564. The zero-order valence-electron chi connectivity index (χ0n) is 11.4. The molecule has 0 fully saturated rings. The molecule has 5 heteroatoms. The first-order chi connectivity index (χ1) is 9.15. The molecule has 0 saturated carbocycles. The maximum Gasteiger partial charge on any atom is 0.315 e. The molecular formula is C14H21FN2O2. The van der Waals surface area contributed by atoms with Crippen LogP contribution in [-0.4, -0.2) is 25.4 Å². The van der Waals surface area contributed by atoms with Gasteiger partial charge in [0.1, 0.15) is 12.4 Å². The van der Waals surface area contributed by atoms with E-state index in [1.54, 1.807) is 0 Å². The topological polar surface area (TPSA) is 50.4 Å². The second kappa shape index (κ2) is 8.34. The van der Waals surface area contributed by atoms with Crippen LogP contribution in [0.15, 0.2) is 24.3 Å². The van der Waals surface area contributed by atoms with Crippen LogP contribution in [0.2, 0.25) is 0 Å². The van der Waals surface area contributed by atoms with Crippen LogP contribution in [-0.2, 0) is 6.54 Å². The Morgan fingerprint density at radius 3 is 2.89 bits per heavy atom. The molecule has 0 spiro atoms. The molecule has 1 atom stereocenters. The third-order valence-electron chi connectivity index (χ3n) is 2.64. The molecule has 0 aromatic heterocycles. The zero-order chi connectivity index (χ0) is 14.1. The van der Waals surface area contributed by atoms with Gasteiger partial charge in [-0.2, -0.15) is 0 Å². The summed E-state index contributed by atoms with van der Waals surface area (Å²) in [5.74, 6) is 0.790. The summed E-state index contributed by atoms with van der Waals surface area (Å²) >= 11 is 0. The molecule has 2 N–H and O–H groups in total. The lowest BCUT2D eigenvalue weighted by Crippen LogP contribution is -2.36. The second-order valence-corrected chi connectivity index (χ2v) is 4.28. The number of urea groups is 1. The molecule has 2 amide bonds. The third-order valence-corrected chi connectivity index (χ3v) is 2.64. The number of carbonyl (C=O) groups is 1. The van der Waals surface area contributed by atoms with Crippen molar-refractivity contribution in [1.29, 1.82) is 0 Å². The summed E-state index contributed by atoms with van der Waals surface area (Å²) in [6.07, 6.45) is 1.10. The molecule has 0 aliphatic carbocycles. The Labute approximate surface area is 113 Å². The van der Waals surface area contributed by atoms with Gasteiger partial charge in [0.25, 0.3) is 0 Å². The summed E-state index contributed by atoms with van der Waals surface area (Å²) in [6.45, 7) is 3.92. The number of benzene rings is 1. The molecule has 0 aliphatic heterocycles. The Morgan fingerprint density at radius 1 is 1.42 bits per heavy atom. The summed E-state index contributed by atoms with van der Waals surface area (Å²) < 4.78 is 17.6. The van der Waals surface area contributed by atoms with E-state index in [4.69, 9.17) is 4.74 Å². The van der Waals surface area contributed by atoms with Crippen LogP contribution in [0.4, 0.5) is 9.18 Å². The first kappa shape index (κ1) is 15.3. The molecule has 0 radical (unpaired) electrons. The fourth-order valence-electron chi connectivity index (χ4n) is 1.45. The smallest absolute Gasteiger partial charge is 0.315 e. The first-order valence-corrected chi connectivity index (χ1v) is 6.49. The van der Waals surface area contributed by atoms with Crippen molar-refractivity contribution >= 4 is 6.03 Å². The SMILES string of the molecule is CCC(C)Oc1cccc(CNC(=O)NCCF)c1. The lowest BCUT2D eigenvalue weighted by Gasteiger charge is -2.13. The van der Waals surface area contributed by atoms with E-state index in [-0.39, 0.29) is 18.7 Å². The van der Waals surface area contributed by atoms with Gasteiger partial charge in [0, 0.05) is 13.1 Å². The van der Waals surface area contributed by atoms with Gasteiger partial charge in [-0.25, -0.2) is 9.18 Å². The molecule has 0 bridgehead atoms. The number of rotatable bonds is 7. The van der Waals surface area contributed by atoms with E-state index in [1.165, 1.54) is 0 Å². The van der Waals surface area contributed by atoms with E-state index in [0.29, 0.717) is 6.54 Å². The van der Waals surface area contributed by atoms with E-state index in [2.05, 4.69) is 17.6 Å². The van der Waals surface area contributed by atoms with Crippen LogP contribution in [0.5, 0.6) is 5.75 Å². The van der Waals surface area contributed by atoms with Crippen molar-refractivity contribution in [2.24, 2.45) is 0 Å². The number of ether oxygens (including phenoxy) is 1. The largest absolute Gasteiger partial charge is 0.491 e. The van der Waals surface area contributed by atoms with Gasteiger partial charge < -0.3 is 15.4 Å². The summed E-state index contributed by atoms with van der Waals surface area (Å²) in [7, 11) is 0. The lowest BCUT2D eigenvalue weighted by atomic mass is 10.2. The van der Waals surface area contributed by atoms with Crippen LogP contribution in [0.1, 0.15) is 25.8 Å². The van der Waals surface area contributed by atoms with Gasteiger partial charge in [-0.05, 0) is 31.0 Å². The van der Waals surface area contributed by atoms with E-state index in [0.717, 1.165) is 17.7 Å². The standard InChI is InChI=1S/C14H21FN2O2/c1-3-11(2)19-13-6-4-5-12(9-13)10-17-14(18)16-8-7-15/h4-6,9,11H,3,7-8,10H2,1-2H3,(H2,16,17,18). The molecule has 19 heavy (non-hydrogen) atoms. The predicted molar refractivity (Wildman–Crippen MR) is 73.0 cm³/mol. The van der Waals surface area contributed by atoms with E-state index < -0.39 is 6.67 Å². The Balaban J connectivity index is 2.45. The number of hydrogen-bond acceptors (Lipinski definition) is 2. The van der Waals surface area contributed by atoms with Crippen LogP contribution < -0.4 is 15.4 Å². The summed E-state index contributed by atoms with van der Waals surface area (Å²) in [5, 5.41) is 5.06. The number of nitrogens with one attached hydrogen (secondary N) is 2. The van der Waals surface area contributed by atoms with Crippen LogP contribution in [0, 0.1) is 0 Å². The molecule has 0 aliphatic rings. The number of amides is 2. The minimum Gasteiger partial charge on any atom is -0.491 e. The zero-order valence-corrected chi connectivity index (χ0v) is 11.4. The Morgan fingerprint density at radius 2 is 2.21 bits per heavy atom. The summed E-state index contributed by atoms with van der Waals surface area (Å²) in [4.78, 5) is 11.3. The fraction of sp³-hybridized carbons (Fsp3) is 0.500. The van der Waals surface area contributed by atoms with Gasteiger partial charge >= 0.3 is 6.03 Å². The average molecular weight is 268 g/mol. The highest BCUT2D eigenvalue weighted by Crippen LogP contribution is 2.15. The van der Waals surface area contributed by atoms with Crippen molar-refractivity contribution < 1.29 is 13.9 Å². The Hall–Kier alpha value is -1.78. The van der Waals surface area contributed by atoms with E-state index >= 15 is 0 Å². The molecule has 106 valence electrons. The van der Waals surface area contributed by atoms with Crippen molar-refractivity contribution in [2.75, 3.05) is 13.2 Å². The monoisotopic (exact) mass is 268 g/mol. The van der Waals surface area contributed by atoms with Crippen molar-refractivity contribution in [2.45, 2.75) is 32.9 Å². The molecule has 4 nitrogen and oxygen atoms in total. The third kappa shape index (κ3) is 6.08. The predicted octanol–water partition coefficient (Wildman–Crippen LogP) is 2.63. The maximum absolute atomic E-state index is 11.9. The van der Waals surface area contributed by atoms with Gasteiger partial charge in [-0.15, -0.1) is 0 Å². The van der Waals surface area contributed by atoms with Crippen LogP contribution >= 0.6 is 0 Å². The molecule has 1 aromatic rings.